The Morgan fingerprint density at radius 1 is 0.952 bits per heavy atom. The number of hydrogen-bond acceptors (Lipinski definition) is 8. The van der Waals surface area contributed by atoms with Crippen LogP contribution in [0.15, 0.2) is 0 Å². The topological polar surface area (TPSA) is 352 Å². The second kappa shape index (κ2) is 59.1. The van der Waals surface area contributed by atoms with E-state index in [1.807, 2.05) is 0 Å². The molecule has 16 heteroatoms. The van der Waals surface area contributed by atoms with Gasteiger partial charge in [0.25, 0.3) is 0 Å². The van der Waals surface area contributed by atoms with Crippen molar-refractivity contribution in [3.8, 4) is 0 Å². The van der Waals surface area contributed by atoms with Gasteiger partial charge in [-0.1, -0.05) is 5.48 Å². The molecule has 21 heavy (non-hydrogen) atoms. The fourth-order valence-electron chi connectivity index (χ4n) is 0.0945. The molecule has 0 unspecified atom stereocenters. The van der Waals surface area contributed by atoms with Crippen LogP contribution < -0.4 is 30.9 Å². The van der Waals surface area contributed by atoms with Gasteiger partial charge >= 0.3 is 0 Å². The number of nitrogens with two attached hydrogens (primary N) is 2. The molecule has 0 fully saturated rings. The van der Waals surface area contributed by atoms with Crippen LogP contribution in [0.2, 0.25) is 0 Å². The quantitative estimate of drug-likeness (QED) is 0.255. The molecule has 0 aromatic carbocycles. The molecule has 0 saturated heterocycles. The van der Waals surface area contributed by atoms with Crippen molar-refractivity contribution in [2.45, 2.75) is 6.92 Å². The van der Waals surface area contributed by atoms with Gasteiger partial charge in [0, 0.05) is 46.2 Å². The monoisotopic (exact) mass is 407 g/mol. The van der Waals surface area contributed by atoms with Crippen molar-refractivity contribution < 1.29 is 86.1 Å². The van der Waals surface area contributed by atoms with Crippen molar-refractivity contribution in [3.05, 3.63) is 0 Å². The Balaban J connectivity index is -0.00000000985. The molecule has 0 spiro atoms. The average Bonchev–Trinajstić information content (AvgIpc) is 2.04. The minimum Gasteiger partial charge on any atom is -0.412 e. The first-order chi connectivity index (χ1) is 6.39. The van der Waals surface area contributed by atoms with Crippen molar-refractivity contribution in [2.24, 2.45) is 11.5 Å². The molecule has 0 radical (unpaired) electrons. The van der Waals surface area contributed by atoms with Gasteiger partial charge in [-0.2, -0.15) is 14.0 Å². The third kappa shape index (κ3) is 239. The van der Waals surface area contributed by atoms with Crippen LogP contribution >= 0.6 is 0 Å². The molecule has 0 amide bonds. The van der Waals surface area contributed by atoms with Gasteiger partial charge in [-0.15, -0.1) is 0 Å². The molecule has 0 rings (SSSR count). The molecular formula is C5H30ClN3O11Zn. The van der Waals surface area contributed by atoms with E-state index in [1.165, 1.54) is 7.05 Å². The molecule has 0 aliphatic heterocycles. The zero-order chi connectivity index (χ0) is 12.0. The van der Waals surface area contributed by atoms with E-state index in [2.05, 4.69) is 4.39 Å². The molecule has 0 aromatic heterocycles. The van der Waals surface area contributed by atoms with E-state index in [0.29, 0.717) is 13.1 Å². The van der Waals surface area contributed by atoms with Crippen LogP contribution in [0.4, 0.5) is 0 Å². The summed E-state index contributed by atoms with van der Waals surface area (Å²) < 4.78 is 31.5. The molecule has 0 atom stereocenters. The minimum absolute atomic E-state index is 0. The third-order valence-corrected chi connectivity index (χ3v) is 0.682. The maximum Gasteiger partial charge on any atom is 0.176 e. The standard InChI is InChI=1S/C2H8N2.C2H6O.CH4ClNO4.6H2O.Zn/c3-1-2-4;1-2-3;1-3-7-2(4,5)6;;;;;;;/h1-4H2;3H,2H2,1H3;3H,1H3;6*1H2;. The minimum atomic E-state index is -4.29. The first-order valence-corrected chi connectivity index (χ1v) is 4.90. The predicted molar refractivity (Wildman–Crippen MR) is 62.7 cm³/mol. The fraction of sp³-hybridized carbons (Fsp3) is 1.00. The first kappa shape index (κ1) is 68.6. The number of aliphatic hydroxyl groups excluding tert-OH is 1. The molecular weight excluding hydrogens is 379 g/mol. The smallest absolute Gasteiger partial charge is 0.176 e. The number of halogens is 1. The van der Waals surface area contributed by atoms with Crippen LogP contribution in [0.25, 0.3) is 0 Å². The summed E-state index contributed by atoms with van der Waals surface area (Å²) in [6.07, 6.45) is 0. The first-order valence-electron chi connectivity index (χ1n) is 3.66. The summed E-state index contributed by atoms with van der Waals surface area (Å²) in [7, 11) is -3.12. The van der Waals surface area contributed by atoms with Crippen LogP contribution in [0.5, 0.6) is 0 Å². The molecule has 0 heterocycles. The number of rotatable bonds is 3. The molecule has 0 aliphatic rings. The maximum absolute atomic E-state index is 9.36. The Hall–Kier alpha value is 0.353. The maximum atomic E-state index is 9.36. The van der Waals surface area contributed by atoms with Gasteiger partial charge in [0.05, 0.1) is 0 Å². The SMILES string of the molecule is CCO.CNO[Cl+3]([O-])([O-])[O-].NCCN.O.O.O.O.O.O.[Zn]. The second-order valence-corrected chi connectivity index (χ2v) is 2.46. The number of aliphatic hydroxyl groups is 1. The molecule has 18 N–H and O–H groups in total. The van der Waals surface area contributed by atoms with Crippen molar-refractivity contribution >= 4 is 0 Å². The Morgan fingerprint density at radius 3 is 1.14 bits per heavy atom. The Kier molecular flexibility index (Phi) is 193. The van der Waals surface area contributed by atoms with Crippen molar-refractivity contribution in [1.82, 2.24) is 5.48 Å². The van der Waals surface area contributed by atoms with Gasteiger partial charge in [-0.05, 0) is 6.92 Å². The van der Waals surface area contributed by atoms with Gasteiger partial charge in [0.2, 0.25) is 0 Å². The van der Waals surface area contributed by atoms with E-state index in [1.54, 1.807) is 12.4 Å². The summed E-state index contributed by atoms with van der Waals surface area (Å²) in [6, 6.07) is 0. The normalized spacial score (nSPS) is 6.29. The van der Waals surface area contributed by atoms with Crippen molar-refractivity contribution in [1.29, 1.82) is 0 Å². The van der Waals surface area contributed by atoms with Crippen molar-refractivity contribution in [3.63, 3.8) is 0 Å². The van der Waals surface area contributed by atoms with Crippen LogP contribution in [0, 0.1) is 10.2 Å². The summed E-state index contributed by atoms with van der Waals surface area (Å²) in [5.41, 5.74) is 11.5. The largest absolute Gasteiger partial charge is 0.412 e. The van der Waals surface area contributed by atoms with Gasteiger partial charge in [-0.3, -0.25) is 0 Å². The van der Waals surface area contributed by atoms with E-state index in [0.717, 1.165) is 0 Å². The van der Waals surface area contributed by atoms with Gasteiger partial charge in [0.15, 0.2) is 4.39 Å². The van der Waals surface area contributed by atoms with Crippen LogP contribution in [-0.4, -0.2) is 64.7 Å². The average molecular weight is 409 g/mol. The molecule has 0 saturated carbocycles. The predicted octanol–water partition coefficient (Wildman–Crippen LogP) is -10.0. The fourth-order valence-corrected chi connectivity index (χ4v) is 0.283. The van der Waals surface area contributed by atoms with E-state index in [4.69, 9.17) is 16.6 Å². The molecule has 0 aromatic rings. The zero-order valence-electron chi connectivity index (χ0n) is 11.9. The van der Waals surface area contributed by atoms with E-state index in [9.17, 15) is 14.0 Å². The van der Waals surface area contributed by atoms with Crippen LogP contribution in [0.3, 0.4) is 0 Å². The number of hydrogen-bond donors (Lipinski definition) is 4. The van der Waals surface area contributed by atoms with E-state index < -0.39 is 10.2 Å². The molecule has 140 valence electrons. The van der Waals surface area contributed by atoms with Crippen LogP contribution in [-0.2, 0) is 23.9 Å². The summed E-state index contributed by atoms with van der Waals surface area (Å²) >= 11 is 0. The van der Waals surface area contributed by atoms with Crippen molar-refractivity contribution in [2.75, 3.05) is 26.7 Å². The molecule has 0 aliphatic carbocycles. The summed E-state index contributed by atoms with van der Waals surface area (Å²) in [4.78, 5) is 0. The number of hydroxylamine groups is 1. The van der Waals surface area contributed by atoms with E-state index in [-0.39, 0.29) is 58.9 Å². The Morgan fingerprint density at radius 2 is 1.14 bits per heavy atom. The van der Waals surface area contributed by atoms with Crippen LogP contribution in [0.1, 0.15) is 6.92 Å². The zero-order valence-corrected chi connectivity index (χ0v) is 15.7. The third-order valence-electron chi connectivity index (χ3n) is 0.338. The Bertz CT molecular complexity index is 102. The van der Waals surface area contributed by atoms with Gasteiger partial charge in [-0.25, -0.2) is 0 Å². The Labute approximate surface area is 137 Å². The molecule has 14 nitrogen and oxygen atoms in total. The summed E-state index contributed by atoms with van der Waals surface area (Å²) in [5.74, 6) is 0. The van der Waals surface area contributed by atoms with E-state index >= 15 is 0 Å². The number of nitrogens with one attached hydrogen (secondary N) is 1. The summed E-state index contributed by atoms with van der Waals surface area (Å²) in [6.45, 7) is 3.12. The summed E-state index contributed by atoms with van der Waals surface area (Å²) in [5, 5.41) is 7.57. The van der Waals surface area contributed by atoms with Gasteiger partial charge < -0.3 is 49.4 Å². The second-order valence-electron chi connectivity index (χ2n) is 1.55. The van der Waals surface area contributed by atoms with Gasteiger partial charge in [0.1, 0.15) is 10.2 Å². The molecule has 0 bridgehead atoms.